The number of pyridine rings is 1. The number of rotatable bonds is 4. The molecule has 1 saturated heterocycles. The van der Waals surface area contributed by atoms with E-state index in [0.717, 1.165) is 37.6 Å². The highest BCUT2D eigenvalue weighted by Crippen LogP contribution is 2.24. The lowest BCUT2D eigenvalue weighted by atomic mass is 10.2. The van der Waals surface area contributed by atoms with Gasteiger partial charge in [-0.15, -0.1) is 5.10 Å². The summed E-state index contributed by atoms with van der Waals surface area (Å²) in [6.45, 7) is 1.88. The summed E-state index contributed by atoms with van der Waals surface area (Å²) in [5.41, 5.74) is 0.583. The summed E-state index contributed by atoms with van der Waals surface area (Å²) in [5.74, 6) is 1.82. The molecule has 0 amide bonds. The van der Waals surface area contributed by atoms with Gasteiger partial charge in [-0.3, -0.25) is 0 Å². The first kappa shape index (κ1) is 14.3. The van der Waals surface area contributed by atoms with Crippen LogP contribution in [0, 0.1) is 11.3 Å². The van der Waals surface area contributed by atoms with E-state index < -0.39 is 0 Å². The molecule has 0 radical (unpaired) electrons. The second kappa shape index (κ2) is 6.39. The van der Waals surface area contributed by atoms with E-state index in [2.05, 4.69) is 31.1 Å². The molecule has 1 fully saturated rings. The SMILES string of the molecule is CN(CC1CCCN1c1cccnn1)c1ccc(C#N)cn1. The first-order valence-corrected chi connectivity index (χ1v) is 7.39. The molecular weight excluding hydrogens is 276 g/mol. The van der Waals surface area contributed by atoms with Crippen LogP contribution in [0.3, 0.4) is 0 Å². The predicted octanol–water partition coefficient (Wildman–Crippen LogP) is 1.85. The van der Waals surface area contributed by atoms with E-state index in [1.165, 1.54) is 0 Å². The van der Waals surface area contributed by atoms with Gasteiger partial charge in [0.2, 0.25) is 0 Å². The van der Waals surface area contributed by atoms with Crippen LogP contribution in [-0.2, 0) is 0 Å². The fraction of sp³-hybridized carbons (Fsp3) is 0.375. The number of hydrogen-bond donors (Lipinski definition) is 0. The molecule has 1 unspecified atom stereocenters. The van der Waals surface area contributed by atoms with Crippen molar-refractivity contribution in [3.8, 4) is 6.07 Å². The van der Waals surface area contributed by atoms with Crippen LogP contribution in [0.4, 0.5) is 11.6 Å². The number of nitriles is 1. The molecule has 1 atom stereocenters. The van der Waals surface area contributed by atoms with E-state index in [-0.39, 0.29) is 0 Å². The summed E-state index contributed by atoms with van der Waals surface area (Å²) in [6.07, 6.45) is 5.61. The van der Waals surface area contributed by atoms with Gasteiger partial charge in [0, 0.05) is 38.6 Å². The zero-order valence-electron chi connectivity index (χ0n) is 12.6. The zero-order chi connectivity index (χ0) is 15.4. The Hall–Kier alpha value is -2.68. The second-order valence-corrected chi connectivity index (χ2v) is 5.47. The average molecular weight is 294 g/mol. The van der Waals surface area contributed by atoms with Crippen molar-refractivity contribution in [3.63, 3.8) is 0 Å². The molecule has 3 rings (SSSR count). The normalized spacial score (nSPS) is 17.3. The van der Waals surface area contributed by atoms with Gasteiger partial charge < -0.3 is 9.80 Å². The van der Waals surface area contributed by atoms with Crippen molar-refractivity contribution in [3.05, 3.63) is 42.2 Å². The van der Waals surface area contributed by atoms with E-state index >= 15 is 0 Å². The molecule has 22 heavy (non-hydrogen) atoms. The summed E-state index contributed by atoms with van der Waals surface area (Å²) >= 11 is 0. The van der Waals surface area contributed by atoms with Gasteiger partial charge >= 0.3 is 0 Å². The third-order valence-corrected chi connectivity index (χ3v) is 3.98. The van der Waals surface area contributed by atoms with Crippen molar-refractivity contribution in [1.29, 1.82) is 5.26 Å². The molecule has 0 bridgehead atoms. The fourth-order valence-corrected chi connectivity index (χ4v) is 2.86. The predicted molar refractivity (Wildman–Crippen MR) is 84.6 cm³/mol. The minimum absolute atomic E-state index is 0.402. The molecule has 0 saturated carbocycles. The largest absolute Gasteiger partial charge is 0.358 e. The molecule has 0 N–H and O–H groups in total. The molecule has 0 aliphatic carbocycles. The minimum Gasteiger partial charge on any atom is -0.358 e. The first-order valence-electron chi connectivity index (χ1n) is 7.39. The van der Waals surface area contributed by atoms with Crippen molar-refractivity contribution in [2.75, 3.05) is 29.9 Å². The Kier molecular flexibility index (Phi) is 4.15. The van der Waals surface area contributed by atoms with Crippen LogP contribution in [0.25, 0.3) is 0 Å². The molecule has 6 nitrogen and oxygen atoms in total. The highest BCUT2D eigenvalue weighted by atomic mass is 15.3. The van der Waals surface area contributed by atoms with E-state index in [1.807, 2.05) is 25.2 Å². The third kappa shape index (κ3) is 2.98. The van der Waals surface area contributed by atoms with Crippen LogP contribution in [0.5, 0.6) is 0 Å². The second-order valence-electron chi connectivity index (χ2n) is 5.47. The molecular formula is C16H18N6. The van der Waals surface area contributed by atoms with Crippen LogP contribution in [0.2, 0.25) is 0 Å². The molecule has 2 aromatic heterocycles. The number of anilines is 2. The minimum atomic E-state index is 0.402. The molecule has 0 spiro atoms. The molecule has 1 aliphatic rings. The molecule has 0 aromatic carbocycles. The van der Waals surface area contributed by atoms with Crippen LogP contribution < -0.4 is 9.80 Å². The van der Waals surface area contributed by atoms with Gasteiger partial charge in [-0.25, -0.2) is 4.98 Å². The summed E-state index contributed by atoms with van der Waals surface area (Å²) in [4.78, 5) is 8.78. The fourth-order valence-electron chi connectivity index (χ4n) is 2.86. The standard InChI is InChI=1S/C16H18N6/c1-21(15-7-6-13(10-17)11-18-15)12-14-4-3-9-22(14)16-5-2-8-19-20-16/h2,5-8,11,14H,3-4,9,12H2,1H3. The van der Waals surface area contributed by atoms with Crippen molar-refractivity contribution < 1.29 is 0 Å². The summed E-state index contributed by atoms with van der Waals surface area (Å²) in [5, 5.41) is 17.0. The van der Waals surface area contributed by atoms with E-state index in [0.29, 0.717) is 11.6 Å². The molecule has 3 heterocycles. The smallest absolute Gasteiger partial charge is 0.151 e. The van der Waals surface area contributed by atoms with Crippen molar-refractivity contribution in [2.45, 2.75) is 18.9 Å². The number of hydrogen-bond acceptors (Lipinski definition) is 6. The Balaban J connectivity index is 1.70. The molecule has 2 aromatic rings. The van der Waals surface area contributed by atoms with Gasteiger partial charge in [0.05, 0.1) is 5.56 Å². The lowest BCUT2D eigenvalue weighted by Crippen LogP contribution is -2.39. The van der Waals surface area contributed by atoms with Crippen LogP contribution in [-0.4, -0.2) is 41.4 Å². The lowest BCUT2D eigenvalue weighted by Gasteiger charge is -2.29. The van der Waals surface area contributed by atoms with Crippen LogP contribution in [0.1, 0.15) is 18.4 Å². The highest BCUT2D eigenvalue weighted by molar-refractivity contribution is 5.44. The topological polar surface area (TPSA) is 68.9 Å². The van der Waals surface area contributed by atoms with E-state index in [4.69, 9.17) is 5.26 Å². The Morgan fingerprint density at radius 1 is 1.41 bits per heavy atom. The first-order chi connectivity index (χ1) is 10.8. The van der Waals surface area contributed by atoms with Gasteiger partial charge in [-0.05, 0) is 37.1 Å². The van der Waals surface area contributed by atoms with E-state index in [9.17, 15) is 0 Å². The monoisotopic (exact) mass is 294 g/mol. The maximum atomic E-state index is 8.83. The quantitative estimate of drug-likeness (QED) is 0.857. The zero-order valence-corrected chi connectivity index (χ0v) is 12.6. The van der Waals surface area contributed by atoms with Gasteiger partial charge in [-0.1, -0.05) is 0 Å². The number of aromatic nitrogens is 3. The van der Waals surface area contributed by atoms with Crippen molar-refractivity contribution >= 4 is 11.6 Å². The third-order valence-electron chi connectivity index (χ3n) is 3.98. The van der Waals surface area contributed by atoms with Crippen molar-refractivity contribution in [1.82, 2.24) is 15.2 Å². The van der Waals surface area contributed by atoms with Gasteiger partial charge in [0.1, 0.15) is 11.9 Å². The summed E-state index contributed by atoms with van der Waals surface area (Å²) < 4.78 is 0. The van der Waals surface area contributed by atoms with Gasteiger partial charge in [0.25, 0.3) is 0 Å². The number of nitrogens with zero attached hydrogens (tertiary/aromatic N) is 6. The van der Waals surface area contributed by atoms with Crippen LogP contribution in [0.15, 0.2) is 36.7 Å². The average Bonchev–Trinajstić information content (AvgIpc) is 3.04. The molecule has 6 heteroatoms. The molecule has 1 aliphatic heterocycles. The maximum absolute atomic E-state index is 8.83. The summed E-state index contributed by atoms with van der Waals surface area (Å²) in [6, 6.07) is 10.1. The summed E-state index contributed by atoms with van der Waals surface area (Å²) in [7, 11) is 2.03. The Morgan fingerprint density at radius 2 is 2.32 bits per heavy atom. The van der Waals surface area contributed by atoms with Crippen LogP contribution >= 0.6 is 0 Å². The Labute approximate surface area is 130 Å². The van der Waals surface area contributed by atoms with E-state index in [1.54, 1.807) is 18.5 Å². The van der Waals surface area contributed by atoms with Gasteiger partial charge in [-0.2, -0.15) is 10.4 Å². The number of likely N-dealkylation sites (N-methyl/N-ethyl adjacent to an activating group) is 1. The highest BCUT2D eigenvalue weighted by Gasteiger charge is 2.27. The lowest BCUT2D eigenvalue weighted by molar-refractivity contribution is 0.643. The van der Waals surface area contributed by atoms with Crippen molar-refractivity contribution in [2.24, 2.45) is 0 Å². The Morgan fingerprint density at radius 3 is 3.00 bits per heavy atom. The molecule has 112 valence electrons. The van der Waals surface area contributed by atoms with Gasteiger partial charge in [0.15, 0.2) is 5.82 Å². The maximum Gasteiger partial charge on any atom is 0.151 e. The Bertz CT molecular complexity index is 649.